The number of hydrogen-bond acceptors (Lipinski definition) is 3. The Morgan fingerprint density at radius 1 is 1.31 bits per heavy atom. The molecule has 0 amide bonds. The van der Waals surface area contributed by atoms with Gasteiger partial charge < -0.3 is 9.29 Å². The van der Waals surface area contributed by atoms with E-state index in [4.69, 9.17) is 4.74 Å². The SMILES string of the molecule is COc1cccc2cnc3c(cc[s+]3[O-])c12. The zero-order chi connectivity index (χ0) is 11.1. The zero-order valence-corrected chi connectivity index (χ0v) is 9.45. The molecular weight excluding hydrogens is 222 g/mol. The molecule has 0 fully saturated rings. The van der Waals surface area contributed by atoms with E-state index in [-0.39, 0.29) is 0 Å². The number of methoxy groups -OCH3 is 1. The molecule has 0 bridgehead atoms. The molecule has 2 heterocycles. The topological polar surface area (TPSA) is 45.2 Å². The Morgan fingerprint density at radius 3 is 3.00 bits per heavy atom. The van der Waals surface area contributed by atoms with Gasteiger partial charge in [-0.05, 0) is 16.8 Å². The normalized spacial score (nSPS) is 12.2. The number of benzene rings is 1. The summed E-state index contributed by atoms with van der Waals surface area (Å²) in [6.45, 7) is 0. The third kappa shape index (κ3) is 1.20. The first-order chi connectivity index (χ1) is 7.81. The lowest BCUT2D eigenvalue weighted by molar-refractivity contribution is 0.420. The summed E-state index contributed by atoms with van der Waals surface area (Å²) < 4.78 is 17.0. The molecular formula is C12H9NO2S. The van der Waals surface area contributed by atoms with Gasteiger partial charge in [-0.1, -0.05) is 12.1 Å². The van der Waals surface area contributed by atoms with E-state index in [2.05, 4.69) is 4.98 Å². The number of rotatable bonds is 1. The fourth-order valence-corrected chi connectivity index (χ4v) is 2.86. The van der Waals surface area contributed by atoms with Crippen molar-refractivity contribution in [2.75, 3.05) is 7.11 Å². The van der Waals surface area contributed by atoms with E-state index in [1.807, 2.05) is 24.3 Å². The van der Waals surface area contributed by atoms with Gasteiger partial charge in [-0.25, -0.2) is 4.98 Å². The minimum Gasteiger partial charge on any atom is -0.589 e. The van der Waals surface area contributed by atoms with Crippen molar-refractivity contribution >= 4 is 31.7 Å². The highest BCUT2D eigenvalue weighted by Gasteiger charge is 2.13. The van der Waals surface area contributed by atoms with Gasteiger partial charge in [-0.2, -0.15) is 0 Å². The first kappa shape index (κ1) is 9.57. The van der Waals surface area contributed by atoms with Crippen LogP contribution in [0.1, 0.15) is 0 Å². The lowest BCUT2D eigenvalue weighted by Crippen LogP contribution is -1.86. The lowest BCUT2D eigenvalue weighted by atomic mass is 10.1. The number of thiophene rings is 1. The first-order valence-electron chi connectivity index (χ1n) is 4.86. The minimum atomic E-state index is -1.11. The summed E-state index contributed by atoms with van der Waals surface area (Å²) in [7, 11) is 0.525. The highest BCUT2D eigenvalue weighted by Crippen LogP contribution is 2.36. The highest BCUT2D eigenvalue weighted by molar-refractivity contribution is 7.29. The molecule has 3 nitrogen and oxygen atoms in total. The second kappa shape index (κ2) is 3.43. The third-order valence-corrected chi connectivity index (χ3v) is 3.74. The van der Waals surface area contributed by atoms with Crippen molar-refractivity contribution in [2.45, 2.75) is 0 Å². The minimum absolute atomic E-state index is 0.622. The number of nitrogens with zero attached hydrogens (tertiary/aromatic N) is 1. The number of fused-ring (bicyclic) bond motifs is 3. The zero-order valence-electron chi connectivity index (χ0n) is 8.64. The van der Waals surface area contributed by atoms with Crippen LogP contribution < -0.4 is 4.74 Å². The maximum absolute atomic E-state index is 11.6. The van der Waals surface area contributed by atoms with E-state index < -0.39 is 10.8 Å². The quantitative estimate of drug-likeness (QED) is 0.604. The highest BCUT2D eigenvalue weighted by atomic mass is 32.2. The Kier molecular flexibility index (Phi) is 2.05. The van der Waals surface area contributed by atoms with Gasteiger partial charge in [-0.15, -0.1) is 0 Å². The summed E-state index contributed by atoms with van der Waals surface area (Å²) in [4.78, 5) is 4.85. The Bertz CT molecular complexity index is 675. The average molecular weight is 231 g/mol. The molecule has 0 saturated carbocycles. The van der Waals surface area contributed by atoms with Gasteiger partial charge in [0.15, 0.2) is 0 Å². The van der Waals surface area contributed by atoms with Crippen LogP contribution in [0.25, 0.3) is 21.0 Å². The molecule has 1 atom stereocenters. The van der Waals surface area contributed by atoms with E-state index >= 15 is 0 Å². The van der Waals surface area contributed by atoms with Crippen LogP contribution in [0, 0.1) is 0 Å². The van der Waals surface area contributed by atoms with Gasteiger partial charge in [0.05, 0.1) is 12.5 Å². The Labute approximate surface area is 95.1 Å². The molecule has 16 heavy (non-hydrogen) atoms. The molecule has 0 aliphatic rings. The van der Waals surface area contributed by atoms with E-state index in [1.165, 1.54) is 0 Å². The summed E-state index contributed by atoms with van der Waals surface area (Å²) in [5.41, 5.74) is 0. The van der Waals surface area contributed by atoms with Crippen molar-refractivity contribution < 1.29 is 9.29 Å². The molecule has 1 aromatic carbocycles. The van der Waals surface area contributed by atoms with Gasteiger partial charge in [-0.3, -0.25) is 0 Å². The largest absolute Gasteiger partial charge is 0.589 e. The molecule has 0 radical (unpaired) electrons. The van der Waals surface area contributed by atoms with Gasteiger partial charge in [0.2, 0.25) is 0 Å². The summed E-state index contributed by atoms with van der Waals surface area (Å²) in [6, 6.07) is 7.64. The average Bonchev–Trinajstić information content (AvgIpc) is 2.70. The lowest BCUT2D eigenvalue weighted by Gasteiger charge is -2.04. The molecule has 0 aliphatic carbocycles. The maximum Gasteiger partial charge on any atom is 0.273 e. The van der Waals surface area contributed by atoms with Crippen LogP contribution >= 0.6 is 10.8 Å². The van der Waals surface area contributed by atoms with Crippen molar-refractivity contribution in [1.82, 2.24) is 4.98 Å². The number of pyridine rings is 1. The number of hydrogen-bond donors (Lipinski definition) is 0. The molecule has 1 unspecified atom stereocenters. The molecule has 0 N–H and O–H groups in total. The standard InChI is InChI=1S/C12H9NO2S/c1-15-10-4-2-3-8-7-13-12-9(11(8)10)5-6-16(12)14/h2-7H,1H3. The van der Waals surface area contributed by atoms with Crippen molar-refractivity contribution in [1.29, 1.82) is 0 Å². The molecule has 2 aromatic heterocycles. The Hall–Kier alpha value is -1.65. The number of aromatic nitrogens is 1. The monoisotopic (exact) mass is 231 g/mol. The van der Waals surface area contributed by atoms with Crippen LogP contribution in [0.15, 0.2) is 35.8 Å². The Balaban J connectivity index is 2.57. The summed E-state index contributed by atoms with van der Waals surface area (Å²) in [5.74, 6) is 0.791. The molecule has 3 rings (SSSR count). The van der Waals surface area contributed by atoms with Crippen LogP contribution in [-0.4, -0.2) is 16.6 Å². The van der Waals surface area contributed by atoms with Crippen LogP contribution in [-0.2, 0) is 0 Å². The summed E-state index contributed by atoms with van der Waals surface area (Å²) in [5, 5.41) is 4.55. The molecule has 0 aliphatic heterocycles. The maximum atomic E-state index is 11.6. The van der Waals surface area contributed by atoms with Crippen LogP contribution in [0.4, 0.5) is 0 Å². The van der Waals surface area contributed by atoms with Crippen LogP contribution in [0.2, 0.25) is 0 Å². The van der Waals surface area contributed by atoms with Crippen molar-refractivity contribution in [3.8, 4) is 5.75 Å². The van der Waals surface area contributed by atoms with Crippen LogP contribution in [0.3, 0.4) is 0 Å². The first-order valence-corrected chi connectivity index (χ1v) is 6.07. The van der Waals surface area contributed by atoms with E-state index in [0.717, 1.165) is 21.9 Å². The molecule has 3 aromatic rings. The van der Waals surface area contributed by atoms with Gasteiger partial charge in [0.1, 0.15) is 11.1 Å². The summed E-state index contributed by atoms with van der Waals surface area (Å²) >= 11 is 0. The number of ether oxygens (including phenoxy) is 1. The fraction of sp³-hybridized carbons (Fsp3) is 0.0833. The molecule has 80 valence electrons. The predicted octanol–water partition coefficient (Wildman–Crippen LogP) is 3.12. The van der Waals surface area contributed by atoms with E-state index in [1.54, 1.807) is 18.7 Å². The molecule has 0 spiro atoms. The van der Waals surface area contributed by atoms with E-state index in [0.29, 0.717) is 4.83 Å². The summed E-state index contributed by atoms with van der Waals surface area (Å²) in [6.07, 6.45) is 1.74. The van der Waals surface area contributed by atoms with Gasteiger partial charge in [0.25, 0.3) is 4.83 Å². The Morgan fingerprint density at radius 2 is 2.19 bits per heavy atom. The fourth-order valence-electron chi connectivity index (χ4n) is 1.93. The second-order valence-electron chi connectivity index (χ2n) is 3.50. The van der Waals surface area contributed by atoms with Crippen molar-refractivity contribution in [3.63, 3.8) is 0 Å². The molecule has 4 heteroatoms. The smallest absolute Gasteiger partial charge is 0.273 e. The van der Waals surface area contributed by atoms with Crippen molar-refractivity contribution in [3.05, 3.63) is 35.8 Å². The van der Waals surface area contributed by atoms with Crippen LogP contribution in [0.5, 0.6) is 5.75 Å². The predicted molar refractivity (Wildman–Crippen MR) is 64.5 cm³/mol. The third-order valence-electron chi connectivity index (χ3n) is 2.65. The van der Waals surface area contributed by atoms with Crippen molar-refractivity contribution in [2.24, 2.45) is 0 Å². The van der Waals surface area contributed by atoms with Gasteiger partial charge >= 0.3 is 0 Å². The van der Waals surface area contributed by atoms with Gasteiger partial charge in [0, 0.05) is 23.0 Å². The van der Waals surface area contributed by atoms with E-state index in [9.17, 15) is 4.55 Å². The second-order valence-corrected chi connectivity index (χ2v) is 4.76. The molecule has 0 saturated heterocycles.